The molecule has 0 fully saturated rings. The number of rotatable bonds is 6. The third kappa shape index (κ3) is 4.34. The molecule has 92 valence electrons. The first-order chi connectivity index (χ1) is 8.95. The van der Waals surface area contributed by atoms with Crippen LogP contribution in [0.5, 0.6) is 0 Å². The van der Waals surface area contributed by atoms with Crippen LogP contribution in [-0.2, 0) is 0 Å². The number of hydrogen-bond acceptors (Lipinski definition) is 2. The SMILES string of the molecule is C(=C\Nc1ccccc1)/CCNc1ccccc1. The maximum atomic E-state index is 3.36. The van der Waals surface area contributed by atoms with Crippen molar-refractivity contribution in [3.63, 3.8) is 0 Å². The Balaban J connectivity index is 1.64. The molecule has 0 aromatic heterocycles. The van der Waals surface area contributed by atoms with Crippen LogP contribution < -0.4 is 10.6 Å². The molecule has 2 aromatic carbocycles. The van der Waals surface area contributed by atoms with E-state index in [1.54, 1.807) is 0 Å². The van der Waals surface area contributed by atoms with Gasteiger partial charge in [-0.1, -0.05) is 42.5 Å². The summed E-state index contributed by atoms with van der Waals surface area (Å²) >= 11 is 0. The van der Waals surface area contributed by atoms with Crippen LogP contribution in [0.1, 0.15) is 6.42 Å². The Labute approximate surface area is 108 Å². The van der Waals surface area contributed by atoms with Gasteiger partial charge in [0.05, 0.1) is 0 Å². The van der Waals surface area contributed by atoms with Gasteiger partial charge in [-0.2, -0.15) is 0 Å². The summed E-state index contributed by atoms with van der Waals surface area (Å²) in [6.45, 7) is 0.941. The highest BCUT2D eigenvalue weighted by Crippen LogP contribution is 2.06. The van der Waals surface area contributed by atoms with Crippen molar-refractivity contribution in [3.8, 4) is 0 Å². The van der Waals surface area contributed by atoms with E-state index >= 15 is 0 Å². The first kappa shape index (κ1) is 12.2. The lowest BCUT2D eigenvalue weighted by atomic mass is 10.3. The Morgan fingerprint density at radius 3 is 2.06 bits per heavy atom. The molecule has 0 spiro atoms. The second kappa shape index (κ2) is 7.17. The van der Waals surface area contributed by atoms with Crippen molar-refractivity contribution in [1.29, 1.82) is 0 Å². The van der Waals surface area contributed by atoms with Gasteiger partial charge in [0.2, 0.25) is 0 Å². The molecule has 2 aromatic rings. The van der Waals surface area contributed by atoms with E-state index in [1.807, 2.05) is 54.7 Å². The lowest BCUT2D eigenvalue weighted by molar-refractivity contribution is 1.06. The summed E-state index contributed by atoms with van der Waals surface area (Å²) < 4.78 is 0. The van der Waals surface area contributed by atoms with Crippen LogP contribution in [0.4, 0.5) is 11.4 Å². The quantitative estimate of drug-likeness (QED) is 0.740. The minimum atomic E-state index is 0.941. The average Bonchev–Trinajstić information content (AvgIpc) is 2.45. The standard InChI is InChI=1S/C16H18N2/c1-3-9-15(10-4-1)17-13-7-8-14-18-16-11-5-2-6-12-16/h1-7,9-13,17-18H,8,14H2/b13-7+. The van der Waals surface area contributed by atoms with Crippen molar-refractivity contribution >= 4 is 11.4 Å². The van der Waals surface area contributed by atoms with Crippen molar-refractivity contribution in [3.05, 3.63) is 72.9 Å². The Hall–Kier alpha value is -2.22. The molecule has 0 heterocycles. The van der Waals surface area contributed by atoms with Crippen molar-refractivity contribution < 1.29 is 0 Å². The van der Waals surface area contributed by atoms with E-state index in [0.717, 1.165) is 18.7 Å². The Morgan fingerprint density at radius 2 is 1.39 bits per heavy atom. The molecule has 0 saturated carbocycles. The van der Waals surface area contributed by atoms with Gasteiger partial charge in [0.1, 0.15) is 0 Å². The molecule has 0 bridgehead atoms. The van der Waals surface area contributed by atoms with Crippen LogP contribution >= 0.6 is 0 Å². The molecule has 0 radical (unpaired) electrons. The van der Waals surface area contributed by atoms with Crippen molar-refractivity contribution in [2.75, 3.05) is 17.2 Å². The maximum Gasteiger partial charge on any atom is 0.0379 e. The minimum absolute atomic E-state index is 0.941. The van der Waals surface area contributed by atoms with Crippen LogP contribution in [0.15, 0.2) is 72.9 Å². The van der Waals surface area contributed by atoms with Gasteiger partial charge in [-0.3, -0.25) is 0 Å². The smallest absolute Gasteiger partial charge is 0.0379 e. The van der Waals surface area contributed by atoms with Crippen molar-refractivity contribution in [1.82, 2.24) is 0 Å². The summed E-state index contributed by atoms with van der Waals surface area (Å²) in [6, 6.07) is 20.4. The molecule has 0 atom stereocenters. The molecule has 2 N–H and O–H groups in total. The zero-order chi connectivity index (χ0) is 12.5. The third-order valence-electron chi connectivity index (χ3n) is 2.56. The van der Waals surface area contributed by atoms with Gasteiger partial charge in [0, 0.05) is 17.9 Å². The Morgan fingerprint density at radius 1 is 0.778 bits per heavy atom. The number of anilines is 2. The highest BCUT2D eigenvalue weighted by atomic mass is 14.9. The van der Waals surface area contributed by atoms with Crippen LogP contribution in [0.3, 0.4) is 0 Å². The molecular formula is C16H18N2. The molecule has 2 rings (SSSR count). The Bertz CT molecular complexity index is 463. The number of nitrogens with one attached hydrogen (secondary N) is 2. The second-order valence-corrected chi connectivity index (χ2v) is 3.99. The van der Waals surface area contributed by atoms with Crippen molar-refractivity contribution in [2.24, 2.45) is 0 Å². The van der Waals surface area contributed by atoms with E-state index < -0.39 is 0 Å². The fourth-order valence-electron chi connectivity index (χ4n) is 1.63. The topological polar surface area (TPSA) is 24.1 Å². The van der Waals surface area contributed by atoms with Gasteiger partial charge in [0.25, 0.3) is 0 Å². The van der Waals surface area contributed by atoms with Crippen LogP contribution in [0.25, 0.3) is 0 Å². The normalized spacial score (nSPS) is 10.4. The molecule has 0 aliphatic heterocycles. The Kier molecular flexibility index (Phi) is 4.88. The van der Waals surface area contributed by atoms with E-state index in [2.05, 4.69) is 28.8 Å². The van der Waals surface area contributed by atoms with Crippen LogP contribution in [0.2, 0.25) is 0 Å². The summed E-state index contributed by atoms with van der Waals surface area (Å²) in [5.74, 6) is 0. The van der Waals surface area contributed by atoms with Crippen LogP contribution in [-0.4, -0.2) is 6.54 Å². The zero-order valence-electron chi connectivity index (χ0n) is 10.3. The van der Waals surface area contributed by atoms with E-state index in [4.69, 9.17) is 0 Å². The average molecular weight is 238 g/mol. The predicted molar refractivity (Wildman–Crippen MR) is 78.8 cm³/mol. The van der Waals surface area contributed by atoms with E-state index in [0.29, 0.717) is 0 Å². The predicted octanol–water partition coefficient (Wildman–Crippen LogP) is 4.11. The fourth-order valence-corrected chi connectivity index (χ4v) is 1.63. The first-order valence-corrected chi connectivity index (χ1v) is 6.21. The lowest BCUT2D eigenvalue weighted by Gasteiger charge is -2.03. The van der Waals surface area contributed by atoms with Crippen LogP contribution in [0, 0.1) is 0 Å². The van der Waals surface area contributed by atoms with E-state index in [9.17, 15) is 0 Å². The molecular weight excluding hydrogens is 220 g/mol. The number of para-hydroxylation sites is 2. The first-order valence-electron chi connectivity index (χ1n) is 6.21. The molecule has 2 nitrogen and oxygen atoms in total. The summed E-state index contributed by atoms with van der Waals surface area (Å²) in [4.78, 5) is 0. The fraction of sp³-hybridized carbons (Fsp3) is 0.125. The van der Waals surface area contributed by atoms with Gasteiger partial charge in [-0.15, -0.1) is 0 Å². The highest BCUT2D eigenvalue weighted by Gasteiger charge is 1.87. The lowest BCUT2D eigenvalue weighted by Crippen LogP contribution is -1.99. The summed E-state index contributed by atoms with van der Waals surface area (Å²) in [5, 5.41) is 6.60. The van der Waals surface area contributed by atoms with Gasteiger partial charge in [0.15, 0.2) is 0 Å². The third-order valence-corrected chi connectivity index (χ3v) is 2.56. The van der Waals surface area contributed by atoms with Gasteiger partial charge in [-0.25, -0.2) is 0 Å². The molecule has 0 amide bonds. The molecule has 0 unspecified atom stereocenters. The number of benzene rings is 2. The van der Waals surface area contributed by atoms with Gasteiger partial charge in [-0.05, 0) is 36.9 Å². The van der Waals surface area contributed by atoms with E-state index in [-0.39, 0.29) is 0 Å². The second-order valence-electron chi connectivity index (χ2n) is 3.99. The van der Waals surface area contributed by atoms with E-state index in [1.165, 1.54) is 5.69 Å². The molecule has 0 aliphatic carbocycles. The summed E-state index contributed by atoms with van der Waals surface area (Å²) in [6.07, 6.45) is 5.11. The highest BCUT2D eigenvalue weighted by molar-refractivity contribution is 5.45. The van der Waals surface area contributed by atoms with Gasteiger partial charge >= 0.3 is 0 Å². The molecule has 0 aliphatic rings. The maximum absolute atomic E-state index is 3.36. The molecule has 2 heteroatoms. The number of hydrogen-bond donors (Lipinski definition) is 2. The summed E-state index contributed by atoms with van der Waals surface area (Å²) in [5.41, 5.74) is 2.28. The molecule has 18 heavy (non-hydrogen) atoms. The monoisotopic (exact) mass is 238 g/mol. The van der Waals surface area contributed by atoms with Crippen molar-refractivity contribution in [2.45, 2.75) is 6.42 Å². The largest absolute Gasteiger partial charge is 0.385 e. The zero-order valence-corrected chi connectivity index (χ0v) is 10.3. The summed E-state index contributed by atoms with van der Waals surface area (Å²) in [7, 11) is 0. The minimum Gasteiger partial charge on any atom is -0.385 e. The van der Waals surface area contributed by atoms with Gasteiger partial charge < -0.3 is 10.6 Å². The molecule has 0 saturated heterocycles.